The summed E-state index contributed by atoms with van der Waals surface area (Å²) in [5, 5.41) is 6.70. The first-order valence-electron chi connectivity index (χ1n) is 8.37. The number of hydrogen-bond donors (Lipinski definition) is 2. The van der Waals surface area contributed by atoms with E-state index in [1.54, 1.807) is 19.1 Å². The van der Waals surface area contributed by atoms with Crippen LogP contribution in [0.2, 0.25) is 5.02 Å². The van der Waals surface area contributed by atoms with E-state index in [-0.39, 0.29) is 22.4 Å². The molecule has 0 saturated heterocycles. The molecule has 4 nitrogen and oxygen atoms in total. The fourth-order valence-corrected chi connectivity index (χ4v) is 3.93. The second kappa shape index (κ2) is 9.14. The third-order valence-electron chi connectivity index (χ3n) is 3.69. The van der Waals surface area contributed by atoms with Gasteiger partial charge in [-0.25, -0.2) is 9.18 Å². The van der Waals surface area contributed by atoms with Gasteiger partial charge in [0.25, 0.3) is 0 Å². The molecule has 3 rings (SSSR count). The molecule has 1 heterocycles. The molecule has 0 amide bonds. The minimum Gasteiger partial charge on any atom is -0.462 e. The zero-order chi connectivity index (χ0) is 20.1. The van der Waals surface area contributed by atoms with Crippen molar-refractivity contribution in [3.63, 3.8) is 0 Å². The molecule has 0 aliphatic carbocycles. The van der Waals surface area contributed by atoms with Crippen molar-refractivity contribution in [2.24, 2.45) is 0 Å². The Balaban J connectivity index is 1.85. The molecular formula is C20H16ClFN2O2S2. The van der Waals surface area contributed by atoms with E-state index in [0.29, 0.717) is 10.6 Å². The van der Waals surface area contributed by atoms with Gasteiger partial charge in [0.1, 0.15) is 10.8 Å². The normalized spacial score (nSPS) is 10.4. The van der Waals surface area contributed by atoms with Crippen LogP contribution in [0.3, 0.4) is 0 Å². The lowest BCUT2D eigenvalue weighted by molar-refractivity contribution is 0.0528. The Hall–Kier alpha value is -2.48. The number of thiocarbonyl (C=S) groups is 1. The predicted molar refractivity (Wildman–Crippen MR) is 117 cm³/mol. The highest BCUT2D eigenvalue weighted by molar-refractivity contribution is 7.80. The molecule has 0 fully saturated rings. The lowest BCUT2D eigenvalue weighted by Gasteiger charge is -2.11. The van der Waals surface area contributed by atoms with Crippen molar-refractivity contribution in [1.29, 1.82) is 0 Å². The van der Waals surface area contributed by atoms with Crippen LogP contribution in [0.15, 0.2) is 54.6 Å². The first kappa shape index (κ1) is 20.3. The molecule has 0 radical (unpaired) electrons. The molecule has 2 aromatic carbocycles. The Bertz CT molecular complexity index is 1010. The molecule has 0 saturated carbocycles. The number of carbonyl (C=O) groups excluding carboxylic acids is 1. The van der Waals surface area contributed by atoms with Crippen molar-refractivity contribution in [2.75, 3.05) is 17.2 Å². The van der Waals surface area contributed by atoms with Gasteiger partial charge in [-0.15, -0.1) is 11.3 Å². The summed E-state index contributed by atoms with van der Waals surface area (Å²) in [6.45, 7) is 2.00. The number of ether oxygens (including phenoxy) is 1. The molecule has 2 N–H and O–H groups in total. The summed E-state index contributed by atoms with van der Waals surface area (Å²) in [5.74, 6) is -0.984. The Morgan fingerprint density at radius 3 is 2.61 bits per heavy atom. The number of thiophene rings is 1. The van der Waals surface area contributed by atoms with Crippen molar-refractivity contribution in [3.05, 3.63) is 71.0 Å². The summed E-state index contributed by atoms with van der Waals surface area (Å²) < 4.78 is 19.1. The SMILES string of the molecule is CCOC(=O)c1cc(-c2ccccc2)sc1NC(=S)Nc1ccc(Cl)cc1F. The molecule has 0 unspecified atom stereocenters. The molecule has 0 spiro atoms. The summed E-state index contributed by atoms with van der Waals surface area (Å²) in [6.07, 6.45) is 0. The van der Waals surface area contributed by atoms with Gasteiger partial charge in [-0.1, -0.05) is 41.9 Å². The summed E-state index contributed by atoms with van der Waals surface area (Å²) in [4.78, 5) is 13.2. The van der Waals surface area contributed by atoms with Crippen LogP contribution in [0.1, 0.15) is 17.3 Å². The van der Waals surface area contributed by atoms with Gasteiger partial charge in [0.2, 0.25) is 0 Å². The number of anilines is 2. The van der Waals surface area contributed by atoms with E-state index >= 15 is 0 Å². The van der Waals surface area contributed by atoms with Crippen LogP contribution in [-0.2, 0) is 4.74 Å². The van der Waals surface area contributed by atoms with E-state index in [2.05, 4.69) is 10.6 Å². The summed E-state index contributed by atoms with van der Waals surface area (Å²) in [5.41, 5.74) is 1.51. The molecule has 28 heavy (non-hydrogen) atoms. The van der Waals surface area contributed by atoms with Crippen LogP contribution >= 0.6 is 35.2 Å². The van der Waals surface area contributed by atoms with Crippen molar-refractivity contribution >= 4 is 56.9 Å². The Kier molecular flexibility index (Phi) is 6.61. The second-order valence-electron chi connectivity index (χ2n) is 5.64. The number of nitrogens with one attached hydrogen (secondary N) is 2. The average molecular weight is 435 g/mol. The van der Waals surface area contributed by atoms with Gasteiger partial charge in [-0.05, 0) is 49.0 Å². The molecule has 144 valence electrons. The monoisotopic (exact) mass is 434 g/mol. The molecule has 0 aliphatic heterocycles. The van der Waals surface area contributed by atoms with Gasteiger partial charge in [-0.2, -0.15) is 0 Å². The van der Waals surface area contributed by atoms with Gasteiger partial charge < -0.3 is 15.4 Å². The molecule has 0 atom stereocenters. The summed E-state index contributed by atoms with van der Waals surface area (Å²) >= 11 is 12.4. The lowest BCUT2D eigenvalue weighted by Crippen LogP contribution is -2.20. The van der Waals surface area contributed by atoms with Crippen LogP contribution in [0.25, 0.3) is 10.4 Å². The van der Waals surface area contributed by atoms with E-state index in [4.69, 9.17) is 28.6 Å². The Morgan fingerprint density at radius 2 is 1.93 bits per heavy atom. The smallest absolute Gasteiger partial charge is 0.341 e. The highest BCUT2D eigenvalue weighted by atomic mass is 35.5. The van der Waals surface area contributed by atoms with Gasteiger partial charge in [0.15, 0.2) is 5.11 Å². The van der Waals surface area contributed by atoms with E-state index in [1.165, 1.54) is 23.5 Å². The van der Waals surface area contributed by atoms with Crippen LogP contribution in [0.5, 0.6) is 0 Å². The van der Waals surface area contributed by atoms with E-state index < -0.39 is 11.8 Å². The Morgan fingerprint density at radius 1 is 1.18 bits per heavy atom. The first-order chi connectivity index (χ1) is 13.5. The van der Waals surface area contributed by atoms with Crippen molar-refractivity contribution in [1.82, 2.24) is 0 Å². The zero-order valence-electron chi connectivity index (χ0n) is 14.8. The highest BCUT2D eigenvalue weighted by Crippen LogP contribution is 2.36. The quantitative estimate of drug-likeness (QED) is 0.370. The predicted octanol–water partition coefficient (Wildman–Crippen LogP) is 6.19. The van der Waals surface area contributed by atoms with Crippen molar-refractivity contribution < 1.29 is 13.9 Å². The maximum Gasteiger partial charge on any atom is 0.341 e. The maximum absolute atomic E-state index is 14.0. The number of carbonyl (C=O) groups is 1. The summed E-state index contributed by atoms with van der Waals surface area (Å²) in [7, 11) is 0. The molecule has 3 aromatic rings. The average Bonchev–Trinajstić information content (AvgIpc) is 3.09. The fraction of sp³-hybridized carbons (Fsp3) is 0.100. The van der Waals surface area contributed by atoms with E-state index in [9.17, 15) is 9.18 Å². The van der Waals surface area contributed by atoms with E-state index in [1.807, 2.05) is 30.3 Å². The first-order valence-corrected chi connectivity index (χ1v) is 9.97. The van der Waals surface area contributed by atoms with E-state index in [0.717, 1.165) is 10.4 Å². The number of benzene rings is 2. The van der Waals surface area contributed by atoms with Crippen molar-refractivity contribution in [2.45, 2.75) is 6.92 Å². The summed E-state index contributed by atoms with van der Waals surface area (Å²) in [6, 6.07) is 15.6. The van der Waals surface area contributed by atoms with Crippen LogP contribution < -0.4 is 10.6 Å². The van der Waals surface area contributed by atoms with Gasteiger partial charge in [0, 0.05) is 9.90 Å². The third-order valence-corrected chi connectivity index (χ3v) is 5.23. The fourth-order valence-electron chi connectivity index (χ4n) is 2.44. The number of halogens is 2. The minimum atomic E-state index is -0.529. The molecule has 0 bridgehead atoms. The minimum absolute atomic E-state index is 0.147. The van der Waals surface area contributed by atoms with Crippen LogP contribution in [-0.4, -0.2) is 17.7 Å². The number of esters is 1. The molecule has 0 aliphatic rings. The van der Waals surface area contributed by atoms with Gasteiger partial charge in [-0.3, -0.25) is 0 Å². The zero-order valence-corrected chi connectivity index (χ0v) is 17.2. The van der Waals surface area contributed by atoms with Crippen molar-refractivity contribution in [3.8, 4) is 10.4 Å². The van der Waals surface area contributed by atoms with Gasteiger partial charge >= 0.3 is 5.97 Å². The third kappa shape index (κ3) is 4.86. The lowest BCUT2D eigenvalue weighted by atomic mass is 10.1. The molecule has 8 heteroatoms. The van der Waals surface area contributed by atoms with Crippen LogP contribution in [0.4, 0.5) is 15.1 Å². The maximum atomic E-state index is 14.0. The Labute approximate surface area is 176 Å². The molecule has 1 aromatic heterocycles. The largest absolute Gasteiger partial charge is 0.462 e. The van der Waals surface area contributed by atoms with Gasteiger partial charge in [0.05, 0.1) is 17.9 Å². The molecular weight excluding hydrogens is 419 g/mol. The standard InChI is InChI=1S/C20H16ClFN2O2S2/c1-2-26-19(25)14-11-17(12-6-4-3-5-7-12)28-18(14)24-20(27)23-16-9-8-13(21)10-15(16)22/h3-11H,2H2,1H3,(H2,23,24,27). The van der Waals surface area contributed by atoms with Crippen LogP contribution in [0, 0.1) is 5.82 Å². The topological polar surface area (TPSA) is 50.4 Å². The number of rotatable bonds is 5. The number of hydrogen-bond acceptors (Lipinski definition) is 4. The highest BCUT2D eigenvalue weighted by Gasteiger charge is 2.19. The second-order valence-corrected chi connectivity index (χ2v) is 7.54.